The maximum atomic E-state index is 12.0. The number of nitrogen functional groups attached to an aromatic ring is 1. The summed E-state index contributed by atoms with van der Waals surface area (Å²) in [7, 11) is -3.51. The van der Waals surface area contributed by atoms with Crippen LogP contribution < -0.4 is 14.8 Å². The quantitative estimate of drug-likeness (QED) is 0.755. The Morgan fingerprint density at radius 1 is 1.29 bits per heavy atom. The number of hydrogen-bond acceptors (Lipinski definition) is 3. The predicted molar refractivity (Wildman–Crippen MR) is 71.1 cm³/mol. The first-order chi connectivity index (χ1) is 8.03. The second-order valence-corrected chi connectivity index (χ2v) is 5.30. The minimum Gasteiger partial charge on any atom is -0.397 e. The average molecular weight is 257 g/mol. The lowest BCUT2D eigenvalue weighted by atomic mass is 10.3. The Morgan fingerprint density at radius 2 is 1.94 bits per heavy atom. The minimum atomic E-state index is -3.51. The molecule has 6 heteroatoms. The van der Waals surface area contributed by atoms with E-state index in [4.69, 9.17) is 5.73 Å². The second kappa shape index (κ2) is 5.88. The third-order valence-electron chi connectivity index (χ3n) is 2.32. The fourth-order valence-electron chi connectivity index (χ4n) is 1.49. The van der Waals surface area contributed by atoms with E-state index in [1.54, 1.807) is 31.2 Å². The summed E-state index contributed by atoms with van der Waals surface area (Å²) in [5.41, 5.74) is 6.76. The van der Waals surface area contributed by atoms with Crippen molar-refractivity contribution in [2.24, 2.45) is 0 Å². The Bertz CT molecular complexity index is 460. The van der Waals surface area contributed by atoms with Gasteiger partial charge in [-0.25, -0.2) is 0 Å². The van der Waals surface area contributed by atoms with E-state index in [0.29, 0.717) is 24.5 Å². The molecule has 0 spiro atoms. The van der Waals surface area contributed by atoms with E-state index in [0.717, 1.165) is 6.42 Å². The van der Waals surface area contributed by atoms with Gasteiger partial charge in [-0.1, -0.05) is 19.1 Å². The van der Waals surface area contributed by atoms with Crippen molar-refractivity contribution < 1.29 is 8.42 Å². The van der Waals surface area contributed by atoms with Crippen LogP contribution in [0.2, 0.25) is 0 Å². The molecule has 0 radical (unpaired) electrons. The van der Waals surface area contributed by atoms with Crippen molar-refractivity contribution in [2.75, 3.05) is 23.1 Å². The standard InChI is InChI=1S/C11H19N3O2S/c1-3-9-13-17(15,16)14(4-2)11-8-6-5-7-10(11)12/h5-8,13H,3-4,9,12H2,1-2H3. The number of hydrogen-bond donors (Lipinski definition) is 2. The summed E-state index contributed by atoms with van der Waals surface area (Å²) in [5.74, 6) is 0. The van der Waals surface area contributed by atoms with E-state index in [1.165, 1.54) is 4.31 Å². The molecule has 1 aromatic carbocycles. The molecule has 0 fully saturated rings. The first kappa shape index (κ1) is 13.8. The summed E-state index contributed by atoms with van der Waals surface area (Å²) in [4.78, 5) is 0. The van der Waals surface area contributed by atoms with Crippen LogP contribution in [0.1, 0.15) is 20.3 Å². The highest BCUT2D eigenvalue weighted by Crippen LogP contribution is 2.24. The largest absolute Gasteiger partial charge is 0.397 e. The van der Waals surface area contributed by atoms with Gasteiger partial charge in [0.05, 0.1) is 11.4 Å². The maximum Gasteiger partial charge on any atom is 0.301 e. The number of para-hydroxylation sites is 2. The Kier molecular flexibility index (Phi) is 4.77. The molecular weight excluding hydrogens is 238 g/mol. The molecule has 1 aromatic rings. The van der Waals surface area contributed by atoms with Crippen molar-refractivity contribution >= 4 is 21.6 Å². The van der Waals surface area contributed by atoms with Gasteiger partial charge in [-0.15, -0.1) is 0 Å². The van der Waals surface area contributed by atoms with E-state index in [9.17, 15) is 8.42 Å². The molecule has 0 aliphatic heterocycles. The number of nitrogens with two attached hydrogens (primary N) is 1. The highest BCUT2D eigenvalue weighted by molar-refractivity contribution is 7.90. The van der Waals surface area contributed by atoms with E-state index in [-0.39, 0.29) is 0 Å². The van der Waals surface area contributed by atoms with Gasteiger partial charge >= 0.3 is 10.2 Å². The van der Waals surface area contributed by atoms with Crippen LogP contribution in [0.3, 0.4) is 0 Å². The monoisotopic (exact) mass is 257 g/mol. The van der Waals surface area contributed by atoms with Crippen molar-refractivity contribution in [1.29, 1.82) is 0 Å². The molecule has 5 nitrogen and oxygen atoms in total. The Hall–Kier alpha value is -1.27. The van der Waals surface area contributed by atoms with Crippen molar-refractivity contribution in [1.82, 2.24) is 4.72 Å². The van der Waals surface area contributed by atoms with E-state index in [1.807, 2.05) is 6.92 Å². The molecular formula is C11H19N3O2S. The number of nitrogens with one attached hydrogen (secondary N) is 1. The highest BCUT2D eigenvalue weighted by atomic mass is 32.2. The van der Waals surface area contributed by atoms with Gasteiger partial charge in [-0.2, -0.15) is 13.1 Å². The third kappa shape index (κ3) is 3.34. The van der Waals surface area contributed by atoms with E-state index >= 15 is 0 Å². The van der Waals surface area contributed by atoms with Crippen LogP contribution in [0, 0.1) is 0 Å². The molecule has 1 rings (SSSR count). The van der Waals surface area contributed by atoms with Gasteiger partial charge in [0, 0.05) is 13.1 Å². The van der Waals surface area contributed by atoms with Gasteiger partial charge in [-0.3, -0.25) is 4.31 Å². The van der Waals surface area contributed by atoms with E-state index < -0.39 is 10.2 Å². The van der Waals surface area contributed by atoms with Crippen LogP contribution in [0.5, 0.6) is 0 Å². The maximum absolute atomic E-state index is 12.0. The summed E-state index contributed by atoms with van der Waals surface area (Å²) in [6.45, 7) is 4.45. The zero-order valence-electron chi connectivity index (χ0n) is 10.2. The second-order valence-electron chi connectivity index (χ2n) is 3.62. The topological polar surface area (TPSA) is 75.4 Å². The lowest BCUT2D eigenvalue weighted by Crippen LogP contribution is -2.41. The van der Waals surface area contributed by atoms with Gasteiger partial charge in [0.2, 0.25) is 0 Å². The zero-order chi connectivity index (χ0) is 12.9. The molecule has 3 N–H and O–H groups in total. The molecule has 0 saturated carbocycles. The zero-order valence-corrected chi connectivity index (χ0v) is 11.0. The summed E-state index contributed by atoms with van der Waals surface area (Å²) >= 11 is 0. The molecule has 0 amide bonds. The summed E-state index contributed by atoms with van der Waals surface area (Å²) in [6, 6.07) is 6.93. The fourth-order valence-corrected chi connectivity index (χ4v) is 2.88. The lowest BCUT2D eigenvalue weighted by Gasteiger charge is -2.24. The van der Waals surface area contributed by atoms with Crippen LogP contribution >= 0.6 is 0 Å². The molecule has 0 aliphatic rings. The first-order valence-electron chi connectivity index (χ1n) is 5.64. The van der Waals surface area contributed by atoms with Crippen molar-refractivity contribution in [3.63, 3.8) is 0 Å². The fraction of sp³-hybridized carbons (Fsp3) is 0.455. The van der Waals surface area contributed by atoms with Crippen molar-refractivity contribution in [3.8, 4) is 0 Å². The number of nitrogens with zero attached hydrogens (tertiary/aromatic N) is 1. The normalized spacial score (nSPS) is 11.4. The predicted octanol–water partition coefficient (Wildman–Crippen LogP) is 1.34. The molecule has 0 saturated heterocycles. The van der Waals surface area contributed by atoms with Gasteiger partial charge in [0.25, 0.3) is 0 Å². The molecule has 0 unspecified atom stereocenters. The average Bonchev–Trinajstić information content (AvgIpc) is 2.30. The highest BCUT2D eigenvalue weighted by Gasteiger charge is 2.21. The summed E-state index contributed by atoms with van der Waals surface area (Å²) in [5, 5.41) is 0. The number of anilines is 2. The molecule has 0 heterocycles. The van der Waals surface area contributed by atoms with Crippen LogP contribution in [0.15, 0.2) is 24.3 Å². The lowest BCUT2D eigenvalue weighted by molar-refractivity contribution is 0.576. The summed E-state index contributed by atoms with van der Waals surface area (Å²) in [6.07, 6.45) is 0.751. The van der Waals surface area contributed by atoms with Crippen molar-refractivity contribution in [3.05, 3.63) is 24.3 Å². The smallest absolute Gasteiger partial charge is 0.301 e. The molecule has 17 heavy (non-hydrogen) atoms. The Morgan fingerprint density at radius 3 is 2.47 bits per heavy atom. The molecule has 0 aromatic heterocycles. The summed E-state index contributed by atoms with van der Waals surface area (Å²) < 4.78 is 27.9. The number of rotatable bonds is 6. The van der Waals surface area contributed by atoms with Gasteiger partial charge < -0.3 is 5.73 Å². The third-order valence-corrected chi connectivity index (χ3v) is 3.92. The van der Waals surface area contributed by atoms with Crippen LogP contribution in [-0.2, 0) is 10.2 Å². The molecule has 0 atom stereocenters. The first-order valence-corrected chi connectivity index (χ1v) is 7.08. The van der Waals surface area contributed by atoms with Crippen LogP contribution in [0.25, 0.3) is 0 Å². The van der Waals surface area contributed by atoms with Crippen LogP contribution in [0.4, 0.5) is 11.4 Å². The molecule has 96 valence electrons. The number of benzene rings is 1. The van der Waals surface area contributed by atoms with Gasteiger partial charge in [0.1, 0.15) is 0 Å². The Balaban J connectivity index is 3.04. The molecule has 0 aliphatic carbocycles. The molecule has 0 bridgehead atoms. The Labute approximate surface area is 103 Å². The van der Waals surface area contributed by atoms with Crippen LogP contribution in [-0.4, -0.2) is 21.5 Å². The van der Waals surface area contributed by atoms with Gasteiger partial charge in [0.15, 0.2) is 0 Å². The van der Waals surface area contributed by atoms with Gasteiger partial charge in [-0.05, 0) is 25.5 Å². The van der Waals surface area contributed by atoms with E-state index in [2.05, 4.69) is 4.72 Å². The van der Waals surface area contributed by atoms with Crippen molar-refractivity contribution in [2.45, 2.75) is 20.3 Å². The SMILES string of the molecule is CCCNS(=O)(=O)N(CC)c1ccccc1N. The minimum absolute atomic E-state index is 0.341.